The summed E-state index contributed by atoms with van der Waals surface area (Å²) in [6.45, 7) is 0.476. The van der Waals surface area contributed by atoms with Crippen molar-refractivity contribution in [3.8, 4) is 11.4 Å². The minimum absolute atomic E-state index is 0.136. The zero-order valence-corrected chi connectivity index (χ0v) is 19.0. The van der Waals surface area contributed by atoms with Gasteiger partial charge in [-0.25, -0.2) is 0 Å². The number of hydrogen-bond acceptors (Lipinski definition) is 5. The zero-order valence-electron chi connectivity index (χ0n) is 18.2. The molecule has 0 fully saturated rings. The summed E-state index contributed by atoms with van der Waals surface area (Å²) in [4.78, 5) is 27.9. The van der Waals surface area contributed by atoms with Crippen molar-refractivity contribution in [1.82, 2.24) is 14.8 Å². The van der Waals surface area contributed by atoms with E-state index in [1.807, 2.05) is 28.8 Å². The van der Waals surface area contributed by atoms with Gasteiger partial charge in [-0.05, 0) is 54.6 Å². The van der Waals surface area contributed by atoms with Crippen LogP contribution in [0.15, 0.2) is 73.1 Å². The number of rotatable bonds is 4. The fraction of sp³-hybridized carbons (Fsp3) is 0.120. The molecule has 0 saturated carbocycles. The predicted molar refractivity (Wildman–Crippen MR) is 129 cm³/mol. The summed E-state index contributed by atoms with van der Waals surface area (Å²) in [7, 11) is 1.48. The van der Waals surface area contributed by atoms with Crippen LogP contribution in [-0.2, 0) is 6.42 Å². The summed E-state index contributed by atoms with van der Waals surface area (Å²) >= 11 is 5.98. The Hall–Kier alpha value is -4.17. The molecule has 2 heterocycles. The number of carbonyl (C=O) groups excluding carboxylic acids is 2. The smallest absolute Gasteiger partial charge is 0.259 e. The van der Waals surface area contributed by atoms with Crippen molar-refractivity contribution in [1.29, 1.82) is 0 Å². The maximum absolute atomic E-state index is 13.4. The SMILES string of the molecule is COc1cc(Cl)ccc1C(=O)Nc1ccc(C(=O)N2CCc3nncn3-c3ccccc32)cc1. The van der Waals surface area contributed by atoms with Gasteiger partial charge in [0.05, 0.1) is 24.0 Å². The number of anilines is 2. The molecule has 2 amide bonds. The average Bonchev–Trinajstić information content (AvgIpc) is 3.27. The highest BCUT2D eigenvalue weighted by Crippen LogP contribution is 2.30. The van der Waals surface area contributed by atoms with E-state index in [2.05, 4.69) is 15.5 Å². The van der Waals surface area contributed by atoms with Gasteiger partial charge in [0.1, 0.15) is 17.9 Å². The van der Waals surface area contributed by atoms with Crippen LogP contribution in [0.5, 0.6) is 5.75 Å². The van der Waals surface area contributed by atoms with Crippen molar-refractivity contribution in [3.63, 3.8) is 0 Å². The van der Waals surface area contributed by atoms with Crippen molar-refractivity contribution in [2.75, 3.05) is 23.9 Å². The van der Waals surface area contributed by atoms with E-state index in [9.17, 15) is 9.59 Å². The third kappa shape index (κ3) is 3.99. The maximum Gasteiger partial charge on any atom is 0.259 e. The number of hydrogen-bond donors (Lipinski definition) is 1. The molecule has 1 N–H and O–H groups in total. The fourth-order valence-corrected chi connectivity index (χ4v) is 4.14. The molecule has 0 aliphatic carbocycles. The van der Waals surface area contributed by atoms with E-state index >= 15 is 0 Å². The third-order valence-electron chi connectivity index (χ3n) is 5.65. The zero-order chi connectivity index (χ0) is 23.7. The van der Waals surface area contributed by atoms with Crippen molar-refractivity contribution < 1.29 is 14.3 Å². The van der Waals surface area contributed by atoms with Gasteiger partial charge in [0.2, 0.25) is 0 Å². The monoisotopic (exact) mass is 473 g/mol. The van der Waals surface area contributed by atoms with E-state index in [4.69, 9.17) is 16.3 Å². The number of nitrogens with zero attached hydrogens (tertiary/aromatic N) is 4. The Morgan fingerprint density at radius 2 is 1.79 bits per heavy atom. The van der Waals surface area contributed by atoms with Gasteiger partial charge in [0, 0.05) is 29.2 Å². The lowest BCUT2D eigenvalue weighted by molar-refractivity contribution is 0.0986. The second kappa shape index (κ2) is 8.99. The second-order valence-corrected chi connectivity index (χ2v) is 8.13. The summed E-state index contributed by atoms with van der Waals surface area (Å²) in [5.41, 5.74) is 3.07. The van der Waals surface area contributed by atoms with Crippen LogP contribution in [0.1, 0.15) is 26.5 Å². The first-order valence-corrected chi connectivity index (χ1v) is 11.0. The fourth-order valence-electron chi connectivity index (χ4n) is 3.97. The molecule has 0 radical (unpaired) electrons. The number of halogens is 1. The minimum atomic E-state index is -0.336. The van der Waals surface area contributed by atoms with Gasteiger partial charge >= 0.3 is 0 Å². The van der Waals surface area contributed by atoms with Crippen LogP contribution >= 0.6 is 11.6 Å². The summed E-state index contributed by atoms with van der Waals surface area (Å²) in [5, 5.41) is 11.5. The number of benzene rings is 3. The van der Waals surface area contributed by atoms with Crippen LogP contribution in [0.2, 0.25) is 5.02 Å². The van der Waals surface area contributed by atoms with E-state index in [1.54, 1.807) is 53.7 Å². The highest BCUT2D eigenvalue weighted by molar-refractivity contribution is 6.31. The van der Waals surface area contributed by atoms with Gasteiger partial charge in [0.25, 0.3) is 11.8 Å². The third-order valence-corrected chi connectivity index (χ3v) is 5.89. The number of ether oxygens (including phenoxy) is 1. The molecule has 1 aliphatic heterocycles. The minimum Gasteiger partial charge on any atom is -0.496 e. The first kappa shape index (κ1) is 21.7. The summed E-state index contributed by atoms with van der Waals surface area (Å²) in [5.74, 6) is 0.714. The molecular weight excluding hydrogens is 454 g/mol. The number of methoxy groups -OCH3 is 1. The molecule has 5 rings (SSSR count). The molecule has 9 heteroatoms. The Bertz CT molecular complexity index is 1380. The Balaban J connectivity index is 1.36. The Kier molecular flexibility index (Phi) is 5.73. The average molecular weight is 474 g/mol. The lowest BCUT2D eigenvalue weighted by atomic mass is 10.1. The first-order chi connectivity index (χ1) is 16.5. The largest absolute Gasteiger partial charge is 0.496 e. The molecule has 1 aliphatic rings. The van der Waals surface area contributed by atoms with Crippen LogP contribution in [0.4, 0.5) is 11.4 Å². The molecule has 4 aromatic rings. The lowest BCUT2D eigenvalue weighted by Crippen LogP contribution is -2.32. The number of aromatic nitrogens is 3. The van der Waals surface area contributed by atoms with Gasteiger partial charge < -0.3 is 15.0 Å². The van der Waals surface area contributed by atoms with Gasteiger partial charge in [-0.2, -0.15) is 0 Å². The summed E-state index contributed by atoms with van der Waals surface area (Å²) in [6, 6.07) is 19.3. The van der Waals surface area contributed by atoms with Crippen LogP contribution < -0.4 is 15.0 Å². The summed E-state index contributed by atoms with van der Waals surface area (Å²) < 4.78 is 7.16. The maximum atomic E-state index is 13.4. The lowest BCUT2D eigenvalue weighted by Gasteiger charge is -2.23. The van der Waals surface area contributed by atoms with Crippen LogP contribution in [0.3, 0.4) is 0 Å². The molecule has 0 atom stereocenters. The van der Waals surface area contributed by atoms with E-state index in [1.165, 1.54) is 7.11 Å². The summed E-state index contributed by atoms with van der Waals surface area (Å²) in [6.07, 6.45) is 2.24. The van der Waals surface area contributed by atoms with Gasteiger partial charge in [-0.1, -0.05) is 23.7 Å². The topological polar surface area (TPSA) is 89.3 Å². The quantitative estimate of drug-likeness (QED) is 0.475. The highest BCUT2D eigenvalue weighted by Gasteiger charge is 2.25. The van der Waals surface area contributed by atoms with Gasteiger partial charge in [-0.3, -0.25) is 14.2 Å². The molecular formula is C25H20ClN5O3. The molecule has 8 nitrogen and oxygen atoms in total. The number of carbonyl (C=O) groups is 2. The Labute approximate surface area is 200 Å². The predicted octanol–water partition coefficient (Wildman–Crippen LogP) is 4.38. The van der Waals surface area contributed by atoms with Crippen molar-refractivity contribution in [2.24, 2.45) is 0 Å². The second-order valence-electron chi connectivity index (χ2n) is 7.69. The van der Waals surface area contributed by atoms with E-state index in [0.29, 0.717) is 40.6 Å². The molecule has 0 bridgehead atoms. The Morgan fingerprint density at radius 3 is 2.56 bits per heavy atom. The molecule has 34 heavy (non-hydrogen) atoms. The molecule has 3 aromatic carbocycles. The number of para-hydroxylation sites is 2. The highest BCUT2D eigenvalue weighted by atomic mass is 35.5. The molecule has 0 spiro atoms. The number of nitrogens with one attached hydrogen (secondary N) is 1. The molecule has 1 aromatic heterocycles. The standard InChI is InChI=1S/C25H20ClN5O3/c1-34-22-14-17(26)8-11-19(22)24(32)28-18-9-6-16(7-10-18)25(33)30-13-12-23-29-27-15-31(23)21-5-3-2-4-20(21)30/h2-11,14-15H,12-13H2,1H3,(H,28,32). The first-order valence-electron chi connectivity index (χ1n) is 10.6. The molecule has 170 valence electrons. The van der Waals surface area contributed by atoms with E-state index < -0.39 is 0 Å². The van der Waals surface area contributed by atoms with Gasteiger partial charge in [0.15, 0.2) is 0 Å². The van der Waals surface area contributed by atoms with E-state index in [0.717, 1.165) is 17.2 Å². The van der Waals surface area contributed by atoms with Crippen LogP contribution in [0, 0.1) is 0 Å². The van der Waals surface area contributed by atoms with Crippen LogP contribution in [0.25, 0.3) is 5.69 Å². The molecule has 0 saturated heterocycles. The molecule has 0 unspecified atom stereocenters. The Morgan fingerprint density at radius 1 is 1.03 bits per heavy atom. The van der Waals surface area contributed by atoms with Crippen molar-refractivity contribution in [3.05, 3.63) is 95.0 Å². The number of fused-ring (bicyclic) bond motifs is 3. The van der Waals surface area contributed by atoms with E-state index in [-0.39, 0.29) is 11.8 Å². The normalized spacial score (nSPS) is 12.4. The van der Waals surface area contributed by atoms with Crippen molar-refractivity contribution in [2.45, 2.75) is 6.42 Å². The van der Waals surface area contributed by atoms with Crippen LogP contribution in [-0.4, -0.2) is 40.2 Å². The van der Waals surface area contributed by atoms with Crippen molar-refractivity contribution >= 4 is 34.8 Å². The number of amides is 2. The van der Waals surface area contributed by atoms with Gasteiger partial charge in [-0.15, -0.1) is 10.2 Å².